The van der Waals surface area contributed by atoms with Gasteiger partial charge in [-0.25, -0.2) is 4.39 Å². The SMILES string of the molecule is O=C(C(F)=Cc1ccccc1)N1CCCC(Nc2ccccc2)C1. The van der Waals surface area contributed by atoms with Gasteiger partial charge in [0.15, 0.2) is 5.83 Å². The van der Waals surface area contributed by atoms with Crippen molar-refractivity contribution in [1.82, 2.24) is 4.90 Å². The molecule has 0 bridgehead atoms. The lowest BCUT2D eigenvalue weighted by Crippen LogP contribution is -2.45. The summed E-state index contributed by atoms with van der Waals surface area (Å²) < 4.78 is 14.3. The number of carbonyl (C=O) groups is 1. The van der Waals surface area contributed by atoms with Crippen molar-refractivity contribution in [3.05, 3.63) is 72.1 Å². The molecular weight excluding hydrogens is 303 g/mol. The summed E-state index contributed by atoms with van der Waals surface area (Å²) in [6.07, 6.45) is 3.15. The number of likely N-dealkylation sites (tertiary alicyclic amines) is 1. The van der Waals surface area contributed by atoms with Gasteiger partial charge in [0.1, 0.15) is 0 Å². The van der Waals surface area contributed by atoms with Gasteiger partial charge in [-0.1, -0.05) is 48.5 Å². The van der Waals surface area contributed by atoms with E-state index in [-0.39, 0.29) is 6.04 Å². The van der Waals surface area contributed by atoms with Gasteiger partial charge in [0.05, 0.1) is 0 Å². The van der Waals surface area contributed by atoms with E-state index in [1.54, 1.807) is 17.0 Å². The number of amides is 1. The molecule has 24 heavy (non-hydrogen) atoms. The van der Waals surface area contributed by atoms with E-state index in [0.717, 1.165) is 18.5 Å². The van der Waals surface area contributed by atoms with E-state index in [1.165, 1.54) is 6.08 Å². The summed E-state index contributed by atoms with van der Waals surface area (Å²) in [4.78, 5) is 14.0. The zero-order valence-electron chi connectivity index (χ0n) is 13.5. The summed E-state index contributed by atoms with van der Waals surface area (Å²) in [7, 11) is 0. The Morgan fingerprint density at radius 1 is 1.08 bits per heavy atom. The molecule has 1 N–H and O–H groups in total. The number of nitrogens with one attached hydrogen (secondary N) is 1. The monoisotopic (exact) mass is 324 g/mol. The topological polar surface area (TPSA) is 32.3 Å². The number of carbonyl (C=O) groups excluding carboxylic acids is 1. The molecule has 3 nitrogen and oxygen atoms in total. The summed E-state index contributed by atoms with van der Waals surface area (Å²) in [6.45, 7) is 1.12. The molecule has 0 aromatic heterocycles. The van der Waals surface area contributed by atoms with Crippen molar-refractivity contribution in [2.24, 2.45) is 0 Å². The van der Waals surface area contributed by atoms with Crippen LogP contribution in [0.4, 0.5) is 10.1 Å². The first-order valence-corrected chi connectivity index (χ1v) is 8.25. The van der Waals surface area contributed by atoms with Gasteiger partial charge in [0, 0.05) is 24.8 Å². The lowest BCUT2D eigenvalue weighted by molar-refractivity contribution is -0.129. The van der Waals surface area contributed by atoms with E-state index in [2.05, 4.69) is 5.32 Å². The first-order chi connectivity index (χ1) is 11.7. The van der Waals surface area contributed by atoms with Crippen LogP contribution in [-0.4, -0.2) is 29.9 Å². The number of hydrogen-bond acceptors (Lipinski definition) is 2. The van der Waals surface area contributed by atoms with Gasteiger partial charge in [0.2, 0.25) is 0 Å². The minimum absolute atomic E-state index is 0.148. The van der Waals surface area contributed by atoms with E-state index < -0.39 is 11.7 Å². The predicted octanol–water partition coefficient (Wildman–Crippen LogP) is 4.10. The Kier molecular flexibility index (Phi) is 5.26. The first kappa shape index (κ1) is 16.2. The van der Waals surface area contributed by atoms with Crippen molar-refractivity contribution < 1.29 is 9.18 Å². The lowest BCUT2D eigenvalue weighted by atomic mass is 10.0. The van der Waals surface area contributed by atoms with Crippen molar-refractivity contribution in [2.75, 3.05) is 18.4 Å². The van der Waals surface area contributed by atoms with Gasteiger partial charge in [-0.3, -0.25) is 4.79 Å². The summed E-state index contributed by atoms with van der Waals surface area (Å²) >= 11 is 0. The second-order valence-corrected chi connectivity index (χ2v) is 6.00. The van der Waals surface area contributed by atoms with Crippen LogP contribution in [0.1, 0.15) is 18.4 Å². The van der Waals surface area contributed by atoms with Gasteiger partial charge in [-0.2, -0.15) is 0 Å². The van der Waals surface area contributed by atoms with Gasteiger partial charge < -0.3 is 10.2 Å². The second-order valence-electron chi connectivity index (χ2n) is 6.00. The fourth-order valence-electron chi connectivity index (χ4n) is 2.96. The van der Waals surface area contributed by atoms with Crippen molar-refractivity contribution in [1.29, 1.82) is 0 Å². The van der Waals surface area contributed by atoms with E-state index in [9.17, 15) is 9.18 Å². The van der Waals surface area contributed by atoms with E-state index in [4.69, 9.17) is 0 Å². The average molecular weight is 324 g/mol. The highest BCUT2D eigenvalue weighted by Gasteiger charge is 2.25. The Morgan fingerprint density at radius 3 is 2.46 bits per heavy atom. The standard InChI is InChI=1S/C20H21FN2O/c21-19(14-16-8-3-1-4-9-16)20(24)23-13-7-12-18(15-23)22-17-10-5-2-6-11-17/h1-6,8-11,14,18,22H,7,12-13,15H2. The Hall–Kier alpha value is -2.62. The highest BCUT2D eigenvalue weighted by molar-refractivity contribution is 5.95. The van der Waals surface area contributed by atoms with Crippen LogP contribution in [0.3, 0.4) is 0 Å². The van der Waals surface area contributed by atoms with E-state index in [0.29, 0.717) is 18.7 Å². The average Bonchev–Trinajstić information content (AvgIpc) is 2.63. The summed E-state index contributed by atoms with van der Waals surface area (Å²) in [6, 6.07) is 19.1. The maximum absolute atomic E-state index is 14.3. The smallest absolute Gasteiger partial charge is 0.282 e. The Labute approximate surface area is 141 Å². The third-order valence-corrected chi connectivity index (χ3v) is 4.15. The third-order valence-electron chi connectivity index (χ3n) is 4.15. The van der Waals surface area contributed by atoms with Crippen molar-refractivity contribution >= 4 is 17.7 Å². The molecular formula is C20H21FN2O. The number of para-hydroxylation sites is 1. The molecule has 0 radical (unpaired) electrons. The van der Waals surface area contributed by atoms with Crippen LogP contribution in [0.25, 0.3) is 6.08 Å². The largest absolute Gasteiger partial charge is 0.381 e. The fourth-order valence-corrected chi connectivity index (χ4v) is 2.96. The molecule has 1 heterocycles. The van der Waals surface area contributed by atoms with Crippen LogP contribution in [0, 0.1) is 0 Å². The summed E-state index contributed by atoms with van der Waals surface area (Å²) in [5.74, 6) is -1.24. The molecule has 124 valence electrons. The number of benzene rings is 2. The van der Waals surface area contributed by atoms with Crippen LogP contribution in [0.2, 0.25) is 0 Å². The molecule has 1 aliphatic rings. The molecule has 1 fully saturated rings. The highest BCUT2D eigenvalue weighted by Crippen LogP contribution is 2.19. The molecule has 0 spiro atoms. The Morgan fingerprint density at radius 2 is 1.75 bits per heavy atom. The molecule has 1 atom stereocenters. The number of rotatable bonds is 4. The Balaban J connectivity index is 1.63. The number of halogens is 1. The molecule has 3 rings (SSSR count). The van der Waals surface area contributed by atoms with Gasteiger partial charge in [-0.15, -0.1) is 0 Å². The molecule has 0 saturated carbocycles. The maximum Gasteiger partial charge on any atom is 0.282 e. The predicted molar refractivity (Wildman–Crippen MR) is 95.2 cm³/mol. The van der Waals surface area contributed by atoms with E-state index in [1.807, 2.05) is 48.5 Å². The molecule has 1 aliphatic heterocycles. The van der Waals surface area contributed by atoms with Crippen LogP contribution in [-0.2, 0) is 4.79 Å². The zero-order chi connectivity index (χ0) is 16.8. The summed E-state index contributed by atoms with van der Waals surface area (Å²) in [5.41, 5.74) is 1.72. The Bertz CT molecular complexity index is 700. The highest BCUT2D eigenvalue weighted by atomic mass is 19.1. The maximum atomic E-state index is 14.3. The molecule has 4 heteroatoms. The molecule has 0 aliphatic carbocycles. The number of nitrogens with zero attached hydrogens (tertiary/aromatic N) is 1. The second kappa shape index (κ2) is 7.77. The quantitative estimate of drug-likeness (QED) is 0.859. The normalized spacial score (nSPS) is 18.3. The van der Waals surface area contributed by atoms with Gasteiger partial charge in [-0.05, 0) is 36.6 Å². The molecule has 1 unspecified atom stereocenters. The van der Waals surface area contributed by atoms with Crippen LogP contribution < -0.4 is 5.32 Å². The first-order valence-electron chi connectivity index (χ1n) is 8.25. The minimum Gasteiger partial charge on any atom is -0.381 e. The lowest BCUT2D eigenvalue weighted by Gasteiger charge is -2.33. The molecule has 2 aromatic carbocycles. The van der Waals surface area contributed by atoms with Crippen molar-refractivity contribution in [2.45, 2.75) is 18.9 Å². The van der Waals surface area contributed by atoms with Gasteiger partial charge in [0.25, 0.3) is 5.91 Å². The number of hydrogen-bond donors (Lipinski definition) is 1. The van der Waals surface area contributed by atoms with Crippen molar-refractivity contribution in [3.8, 4) is 0 Å². The van der Waals surface area contributed by atoms with E-state index >= 15 is 0 Å². The number of anilines is 1. The number of piperidine rings is 1. The summed E-state index contributed by atoms with van der Waals surface area (Å²) in [5, 5.41) is 3.42. The van der Waals surface area contributed by atoms with Crippen LogP contribution in [0.15, 0.2) is 66.5 Å². The van der Waals surface area contributed by atoms with Gasteiger partial charge >= 0.3 is 0 Å². The fraction of sp³-hybridized carbons (Fsp3) is 0.250. The molecule has 1 amide bonds. The zero-order valence-corrected chi connectivity index (χ0v) is 13.5. The minimum atomic E-state index is -0.707. The van der Waals surface area contributed by atoms with Crippen molar-refractivity contribution in [3.63, 3.8) is 0 Å². The third kappa shape index (κ3) is 4.22. The van der Waals surface area contributed by atoms with Crippen LogP contribution in [0.5, 0.6) is 0 Å². The molecule has 2 aromatic rings. The molecule has 1 saturated heterocycles. The van der Waals surface area contributed by atoms with Crippen LogP contribution >= 0.6 is 0 Å².